The third-order valence-corrected chi connectivity index (χ3v) is 6.42. The van der Waals surface area contributed by atoms with Crippen molar-refractivity contribution >= 4 is 35.0 Å². The van der Waals surface area contributed by atoms with Crippen molar-refractivity contribution in [3.63, 3.8) is 0 Å². The van der Waals surface area contributed by atoms with E-state index in [2.05, 4.69) is 4.90 Å². The highest BCUT2D eigenvalue weighted by atomic mass is 35.5. The number of hydrogen-bond acceptors (Lipinski definition) is 4. The molecule has 2 heterocycles. The number of nitrogens with zero attached hydrogens (tertiary/aromatic N) is 3. The number of aliphatic hydroxyl groups is 1. The fourth-order valence-corrected chi connectivity index (χ4v) is 4.44. The summed E-state index contributed by atoms with van der Waals surface area (Å²) in [4.78, 5) is 30.9. The third kappa shape index (κ3) is 4.70. The van der Waals surface area contributed by atoms with E-state index in [1.807, 2.05) is 0 Å². The standard InChI is InChI=1S/C22H22Cl2FN3O3/c23-16-4-1-14(2-5-16)21(30)27-9-7-26(8-10-27)19-12-28(13-20(19)29)22(31)15-3-6-18(25)17(24)11-15/h1-6,11,19-20,29H,7-10,12-13H2/t19-,20-/m1/s1. The van der Waals surface area contributed by atoms with Crippen LogP contribution in [0, 0.1) is 5.82 Å². The van der Waals surface area contributed by atoms with Crippen LogP contribution in [0.1, 0.15) is 20.7 Å². The number of β-amino-alcohol motifs (C(OH)–C–C–N with tert-alkyl or cyclic N) is 1. The van der Waals surface area contributed by atoms with Gasteiger partial charge in [0.05, 0.1) is 17.2 Å². The lowest BCUT2D eigenvalue weighted by Crippen LogP contribution is -2.54. The molecule has 2 aliphatic rings. The van der Waals surface area contributed by atoms with Gasteiger partial charge in [-0.15, -0.1) is 0 Å². The highest BCUT2D eigenvalue weighted by Crippen LogP contribution is 2.23. The Kier molecular flexibility index (Phi) is 6.48. The Labute approximate surface area is 189 Å². The zero-order valence-electron chi connectivity index (χ0n) is 16.7. The van der Waals surface area contributed by atoms with Gasteiger partial charge in [-0.05, 0) is 42.5 Å². The average molecular weight is 466 g/mol. The molecule has 0 radical (unpaired) electrons. The molecule has 9 heteroatoms. The first-order chi connectivity index (χ1) is 14.8. The first-order valence-electron chi connectivity index (χ1n) is 10.0. The quantitative estimate of drug-likeness (QED) is 0.756. The Bertz CT molecular complexity index is 980. The molecule has 0 bridgehead atoms. The number of amides is 2. The van der Waals surface area contributed by atoms with Gasteiger partial charge in [0.1, 0.15) is 5.82 Å². The van der Waals surface area contributed by atoms with Crippen molar-refractivity contribution in [3.05, 3.63) is 69.5 Å². The van der Waals surface area contributed by atoms with Crippen LogP contribution in [-0.4, -0.2) is 83.0 Å². The molecule has 31 heavy (non-hydrogen) atoms. The summed E-state index contributed by atoms with van der Waals surface area (Å²) in [6, 6.07) is 10.5. The number of carbonyl (C=O) groups excluding carboxylic acids is 2. The minimum absolute atomic E-state index is 0.0479. The van der Waals surface area contributed by atoms with Gasteiger partial charge in [-0.25, -0.2) is 4.39 Å². The van der Waals surface area contributed by atoms with Crippen LogP contribution in [0.5, 0.6) is 0 Å². The van der Waals surface area contributed by atoms with Gasteiger partial charge >= 0.3 is 0 Å². The topological polar surface area (TPSA) is 64.1 Å². The highest BCUT2D eigenvalue weighted by molar-refractivity contribution is 6.31. The summed E-state index contributed by atoms with van der Waals surface area (Å²) in [7, 11) is 0. The molecule has 0 unspecified atom stereocenters. The lowest BCUT2D eigenvalue weighted by molar-refractivity contribution is 0.0376. The molecule has 2 aliphatic heterocycles. The van der Waals surface area contributed by atoms with Crippen LogP contribution in [-0.2, 0) is 0 Å². The Morgan fingerprint density at radius 1 is 0.871 bits per heavy atom. The van der Waals surface area contributed by atoms with E-state index >= 15 is 0 Å². The summed E-state index contributed by atoms with van der Waals surface area (Å²) in [5.41, 5.74) is 0.881. The van der Waals surface area contributed by atoms with Gasteiger partial charge in [0.25, 0.3) is 11.8 Å². The Hall–Kier alpha value is -2.19. The lowest BCUT2D eigenvalue weighted by Gasteiger charge is -2.38. The average Bonchev–Trinajstić information content (AvgIpc) is 3.17. The van der Waals surface area contributed by atoms with Crippen molar-refractivity contribution in [2.75, 3.05) is 39.3 Å². The Balaban J connectivity index is 1.35. The monoisotopic (exact) mass is 465 g/mol. The summed E-state index contributed by atoms with van der Waals surface area (Å²) in [6.07, 6.45) is -0.696. The van der Waals surface area contributed by atoms with Gasteiger partial charge in [-0.1, -0.05) is 23.2 Å². The van der Waals surface area contributed by atoms with Crippen molar-refractivity contribution in [2.24, 2.45) is 0 Å². The molecule has 0 saturated carbocycles. The minimum atomic E-state index is -0.696. The largest absolute Gasteiger partial charge is 0.390 e. The maximum atomic E-state index is 13.4. The van der Waals surface area contributed by atoms with Crippen molar-refractivity contribution in [3.8, 4) is 0 Å². The highest BCUT2D eigenvalue weighted by Gasteiger charge is 2.39. The number of aliphatic hydroxyl groups excluding tert-OH is 1. The van der Waals surface area contributed by atoms with Crippen LogP contribution >= 0.6 is 23.2 Å². The summed E-state index contributed by atoms with van der Waals surface area (Å²) in [6.45, 7) is 2.83. The summed E-state index contributed by atoms with van der Waals surface area (Å²) in [5.74, 6) is -0.920. The number of piperazine rings is 1. The van der Waals surface area contributed by atoms with Crippen LogP contribution in [0.25, 0.3) is 0 Å². The smallest absolute Gasteiger partial charge is 0.254 e. The first kappa shape index (κ1) is 22.0. The van der Waals surface area contributed by atoms with Gasteiger partial charge in [-0.3, -0.25) is 14.5 Å². The van der Waals surface area contributed by atoms with E-state index in [-0.39, 0.29) is 35.0 Å². The molecule has 2 atom stereocenters. The fraction of sp³-hybridized carbons (Fsp3) is 0.364. The molecule has 0 aromatic heterocycles. The molecule has 2 aromatic carbocycles. The molecule has 2 fully saturated rings. The van der Waals surface area contributed by atoms with Crippen LogP contribution in [0.2, 0.25) is 10.0 Å². The number of likely N-dealkylation sites (tertiary alicyclic amines) is 1. The van der Waals surface area contributed by atoms with Crippen LogP contribution < -0.4 is 0 Å². The van der Waals surface area contributed by atoms with Crippen molar-refractivity contribution in [1.29, 1.82) is 0 Å². The molecule has 164 valence electrons. The second-order valence-corrected chi connectivity index (χ2v) is 8.65. The van der Waals surface area contributed by atoms with Gasteiger partial charge in [-0.2, -0.15) is 0 Å². The first-order valence-corrected chi connectivity index (χ1v) is 10.8. The van der Waals surface area contributed by atoms with Gasteiger partial charge in [0, 0.05) is 55.4 Å². The Morgan fingerprint density at radius 3 is 2.13 bits per heavy atom. The lowest BCUT2D eigenvalue weighted by atomic mass is 10.1. The molecular weight excluding hydrogens is 444 g/mol. The molecule has 4 rings (SSSR count). The number of hydrogen-bond donors (Lipinski definition) is 1. The molecular formula is C22H22Cl2FN3O3. The minimum Gasteiger partial charge on any atom is -0.390 e. The fourth-order valence-electron chi connectivity index (χ4n) is 4.14. The normalized spacial score (nSPS) is 22.1. The zero-order chi connectivity index (χ0) is 22.1. The number of rotatable bonds is 3. The van der Waals surface area contributed by atoms with Gasteiger partial charge in [0.15, 0.2) is 0 Å². The second-order valence-electron chi connectivity index (χ2n) is 7.81. The number of benzene rings is 2. The molecule has 0 spiro atoms. The van der Waals surface area contributed by atoms with Gasteiger partial charge in [0.2, 0.25) is 0 Å². The second kappa shape index (κ2) is 9.12. The molecule has 2 saturated heterocycles. The SMILES string of the molecule is O=C(c1ccc(Cl)cc1)N1CCN([C@@H]2CN(C(=O)c3ccc(F)c(Cl)c3)C[C@H]2O)CC1. The summed E-state index contributed by atoms with van der Waals surface area (Å²) in [5, 5.41) is 11.0. The molecule has 2 amide bonds. The van der Waals surface area contributed by atoms with Gasteiger partial charge < -0.3 is 14.9 Å². The van der Waals surface area contributed by atoms with E-state index in [0.717, 1.165) is 6.07 Å². The van der Waals surface area contributed by atoms with Crippen molar-refractivity contribution in [2.45, 2.75) is 12.1 Å². The number of halogens is 3. The van der Waals surface area contributed by atoms with E-state index in [0.29, 0.717) is 43.3 Å². The van der Waals surface area contributed by atoms with Crippen LogP contribution in [0.4, 0.5) is 4.39 Å². The van der Waals surface area contributed by atoms with E-state index in [9.17, 15) is 19.1 Å². The summed E-state index contributed by atoms with van der Waals surface area (Å²) < 4.78 is 13.4. The van der Waals surface area contributed by atoms with Crippen molar-refractivity contribution < 1.29 is 19.1 Å². The van der Waals surface area contributed by atoms with E-state index in [1.165, 1.54) is 12.1 Å². The number of carbonyl (C=O) groups is 2. The summed E-state index contributed by atoms with van der Waals surface area (Å²) >= 11 is 11.7. The van der Waals surface area contributed by atoms with E-state index in [4.69, 9.17) is 23.2 Å². The van der Waals surface area contributed by atoms with E-state index in [1.54, 1.807) is 34.1 Å². The molecule has 0 aliphatic carbocycles. The predicted molar refractivity (Wildman–Crippen MR) is 116 cm³/mol. The predicted octanol–water partition coefficient (Wildman–Crippen LogP) is 2.78. The maximum Gasteiger partial charge on any atom is 0.254 e. The van der Waals surface area contributed by atoms with Crippen molar-refractivity contribution in [1.82, 2.24) is 14.7 Å². The van der Waals surface area contributed by atoms with E-state index < -0.39 is 11.9 Å². The molecule has 1 N–H and O–H groups in total. The molecule has 2 aromatic rings. The van der Waals surface area contributed by atoms with Crippen LogP contribution in [0.3, 0.4) is 0 Å². The van der Waals surface area contributed by atoms with Crippen LogP contribution in [0.15, 0.2) is 42.5 Å². The maximum absolute atomic E-state index is 13.4. The Morgan fingerprint density at radius 2 is 1.48 bits per heavy atom. The molecule has 6 nitrogen and oxygen atoms in total. The third-order valence-electron chi connectivity index (χ3n) is 5.87. The zero-order valence-corrected chi connectivity index (χ0v) is 18.2.